The second-order valence-corrected chi connectivity index (χ2v) is 7.91. The number of rotatable bonds is 4. The third-order valence-electron chi connectivity index (χ3n) is 5.89. The van der Waals surface area contributed by atoms with Crippen molar-refractivity contribution in [2.75, 3.05) is 39.5 Å². The molecule has 0 radical (unpaired) electrons. The van der Waals surface area contributed by atoms with Crippen molar-refractivity contribution in [2.24, 2.45) is 0 Å². The molecule has 3 aromatic rings. The summed E-state index contributed by atoms with van der Waals surface area (Å²) in [5, 5.41) is 8.15. The summed E-state index contributed by atoms with van der Waals surface area (Å²) in [6.07, 6.45) is 2.06. The van der Waals surface area contributed by atoms with Gasteiger partial charge in [-0.2, -0.15) is 0 Å². The molecule has 1 N–H and O–H groups in total. The van der Waals surface area contributed by atoms with Gasteiger partial charge in [-0.1, -0.05) is 6.07 Å². The van der Waals surface area contributed by atoms with Crippen LogP contribution in [0.25, 0.3) is 22.2 Å². The molecule has 0 bridgehead atoms. The van der Waals surface area contributed by atoms with Crippen LogP contribution in [0.1, 0.15) is 16.7 Å². The highest BCUT2D eigenvalue weighted by atomic mass is 16.5. The number of hydrogen-bond acceptors (Lipinski definition) is 5. The molecule has 5 rings (SSSR count). The highest BCUT2D eigenvalue weighted by molar-refractivity contribution is 5.85. The quantitative estimate of drug-likeness (QED) is 0.649. The van der Waals surface area contributed by atoms with Gasteiger partial charge in [-0.15, -0.1) is 0 Å². The summed E-state index contributed by atoms with van der Waals surface area (Å²) in [4.78, 5) is 15.8. The van der Waals surface area contributed by atoms with Crippen LogP contribution in [-0.4, -0.2) is 60.9 Å². The van der Waals surface area contributed by atoms with E-state index >= 15 is 0 Å². The molecule has 162 valence electrons. The van der Waals surface area contributed by atoms with E-state index in [1.165, 1.54) is 27.6 Å². The second-order valence-electron chi connectivity index (χ2n) is 7.91. The van der Waals surface area contributed by atoms with Gasteiger partial charge in [0.1, 0.15) is 5.75 Å². The number of aryl methyl sites for hydroxylation is 1. The van der Waals surface area contributed by atoms with Crippen LogP contribution in [0, 0.1) is 6.92 Å². The number of carbonyl (C=O) groups is 1. The minimum absolute atomic E-state index is 0.250. The van der Waals surface area contributed by atoms with E-state index in [9.17, 15) is 0 Å². The number of fused-ring (bicyclic) bond motifs is 2. The molecule has 3 heterocycles. The highest BCUT2D eigenvalue weighted by Crippen LogP contribution is 2.31. The fourth-order valence-corrected chi connectivity index (χ4v) is 4.20. The number of nitrogens with zero attached hydrogens (tertiary/aromatic N) is 2. The third kappa shape index (κ3) is 5.03. The van der Waals surface area contributed by atoms with Gasteiger partial charge in [0.25, 0.3) is 6.47 Å². The predicted octanol–water partition coefficient (Wildman–Crippen LogP) is 3.72. The minimum Gasteiger partial charge on any atom is -0.493 e. The number of pyridine rings is 1. The van der Waals surface area contributed by atoms with Gasteiger partial charge in [-0.05, 0) is 66.4 Å². The molecule has 0 unspecified atom stereocenters. The smallest absolute Gasteiger partial charge is 0.290 e. The summed E-state index contributed by atoms with van der Waals surface area (Å²) in [5.74, 6) is 1.02. The van der Waals surface area contributed by atoms with Crippen molar-refractivity contribution < 1.29 is 19.4 Å². The van der Waals surface area contributed by atoms with E-state index in [0.29, 0.717) is 0 Å². The van der Waals surface area contributed by atoms with E-state index in [1.54, 1.807) is 0 Å². The van der Waals surface area contributed by atoms with Crippen molar-refractivity contribution in [1.82, 2.24) is 9.88 Å². The average Bonchev–Trinajstić information content (AvgIpc) is 3.27. The van der Waals surface area contributed by atoms with Crippen molar-refractivity contribution in [3.8, 4) is 17.0 Å². The predicted molar refractivity (Wildman–Crippen MR) is 121 cm³/mol. The molecule has 6 nitrogen and oxygen atoms in total. The molecule has 0 saturated carbocycles. The van der Waals surface area contributed by atoms with E-state index < -0.39 is 0 Å². The molecule has 6 heteroatoms. The maximum atomic E-state index is 8.36. The Hall–Kier alpha value is -2.96. The summed E-state index contributed by atoms with van der Waals surface area (Å²) >= 11 is 0. The van der Waals surface area contributed by atoms with Gasteiger partial charge < -0.3 is 14.6 Å². The lowest BCUT2D eigenvalue weighted by Crippen LogP contribution is -2.37. The Morgan fingerprint density at radius 1 is 1.10 bits per heavy atom. The molecule has 0 aliphatic carbocycles. The zero-order valence-electron chi connectivity index (χ0n) is 17.8. The molecule has 2 aromatic carbocycles. The largest absolute Gasteiger partial charge is 0.493 e. The van der Waals surface area contributed by atoms with Crippen LogP contribution < -0.4 is 4.74 Å². The summed E-state index contributed by atoms with van der Waals surface area (Å²) in [6, 6.07) is 15.4. The average molecular weight is 421 g/mol. The maximum absolute atomic E-state index is 8.36. The molecule has 0 amide bonds. The zero-order valence-corrected chi connectivity index (χ0v) is 17.8. The number of aromatic nitrogens is 1. The molecule has 0 spiro atoms. The van der Waals surface area contributed by atoms with Crippen molar-refractivity contribution in [3.05, 3.63) is 59.2 Å². The summed E-state index contributed by atoms with van der Waals surface area (Å²) in [6.45, 7) is 7.63. The Balaban J connectivity index is 0.000000730. The Kier molecular flexibility index (Phi) is 6.79. The van der Waals surface area contributed by atoms with E-state index in [4.69, 9.17) is 24.4 Å². The summed E-state index contributed by atoms with van der Waals surface area (Å²) in [5.41, 5.74) is 7.24. The molecule has 2 aliphatic rings. The monoisotopic (exact) mass is 420 g/mol. The number of hydrogen-bond donors (Lipinski definition) is 1. The molecule has 2 aliphatic heterocycles. The molecule has 1 saturated heterocycles. The number of ether oxygens (including phenoxy) is 2. The van der Waals surface area contributed by atoms with Crippen LogP contribution in [-0.2, 0) is 22.4 Å². The fourth-order valence-electron chi connectivity index (χ4n) is 4.20. The lowest BCUT2D eigenvalue weighted by atomic mass is 10.0. The zero-order chi connectivity index (χ0) is 21.6. The normalized spacial score (nSPS) is 15.6. The van der Waals surface area contributed by atoms with Crippen molar-refractivity contribution in [3.63, 3.8) is 0 Å². The van der Waals surface area contributed by atoms with Gasteiger partial charge in [0.2, 0.25) is 0 Å². The number of carboxylic acid groups (broad SMARTS) is 1. The first-order chi connectivity index (χ1) is 15.2. The lowest BCUT2D eigenvalue weighted by molar-refractivity contribution is -0.122. The van der Waals surface area contributed by atoms with Crippen molar-refractivity contribution >= 4 is 17.4 Å². The standard InChI is InChI=1S/C24H26N2O2.CH2O2/c1-17-14-23(19-3-5-24-20(16-19)7-11-28-24)25-22-4-2-18(15-21(17)22)6-8-26-9-12-27-13-10-26;2-1-3/h2-5,14-16H,6-13H2,1H3;1H,(H,2,3). The van der Waals surface area contributed by atoms with Gasteiger partial charge in [0, 0.05) is 37.0 Å². The van der Waals surface area contributed by atoms with Gasteiger partial charge in [-0.25, -0.2) is 4.98 Å². The van der Waals surface area contributed by atoms with E-state index in [-0.39, 0.29) is 6.47 Å². The topological polar surface area (TPSA) is 71.9 Å². The first-order valence-electron chi connectivity index (χ1n) is 10.7. The van der Waals surface area contributed by atoms with Crippen LogP contribution in [0.3, 0.4) is 0 Å². The first kappa shape index (κ1) is 21.3. The summed E-state index contributed by atoms with van der Waals surface area (Å²) in [7, 11) is 0. The van der Waals surface area contributed by atoms with E-state index in [0.717, 1.165) is 69.3 Å². The molecular weight excluding hydrogens is 392 g/mol. The van der Waals surface area contributed by atoms with E-state index in [1.807, 2.05) is 0 Å². The Bertz CT molecular complexity index is 1060. The molecule has 0 atom stereocenters. The molecule has 1 aromatic heterocycles. The van der Waals surface area contributed by atoms with Crippen LogP contribution in [0.5, 0.6) is 5.75 Å². The van der Waals surface area contributed by atoms with Crippen LogP contribution in [0.2, 0.25) is 0 Å². The second kappa shape index (κ2) is 9.90. The van der Waals surface area contributed by atoms with Crippen LogP contribution in [0.4, 0.5) is 0 Å². The van der Waals surface area contributed by atoms with E-state index in [2.05, 4.69) is 54.3 Å². The third-order valence-corrected chi connectivity index (χ3v) is 5.89. The molecule has 31 heavy (non-hydrogen) atoms. The van der Waals surface area contributed by atoms with Crippen molar-refractivity contribution in [1.29, 1.82) is 0 Å². The summed E-state index contributed by atoms with van der Waals surface area (Å²) < 4.78 is 11.1. The minimum atomic E-state index is -0.250. The Labute approximate surface area is 182 Å². The van der Waals surface area contributed by atoms with Gasteiger partial charge >= 0.3 is 0 Å². The Morgan fingerprint density at radius 2 is 1.90 bits per heavy atom. The van der Waals surface area contributed by atoms with Gasteiger partial charge in [-0.3, -0.25) is 9.69 Å². The van der Waals surface area contributed by atoms with Gasteiger partial charge in [0.05, 0.1) is 31.0 Å². The fraction of sp³-hybridized carbons (Fsp3) is 0.360. The van der Waals surface area contributed by atoms with Gasteiger partial charge in [0.15, 0.2) is 0 Å². The van der Waals surface area contributed by atoms with Crippen molar-refractivity contribution in [2.45, 2.75) is 19.8 Å². The molecular formula is C25H28N2O4. The highest BCUT2D eigenvalue weighted by Gasteiger charge is 2.14. The molecule has 1 fully saturated rings. The number of benzene rings is 2. The maximum Gasteiger partial charge on any atom is 0.290 e. The van der Waals surface area contributed by atoms with Crippen LogP contribution >= 0.6 is 0 Å². The first-order valence-corrected chi connectivity index (χ1v) is 10.7. The SMILES string of the molecule is Cc1cc(-c2ccc3c(c2)CCO3)nc2ccc(CCN3CCOCC3)cc12.O=CO. The van der Waals surface area contributed by atoms with Crippen LogP contribution in [0.15, 0.2) is 42.5 Å². The number of morpholine rings is 1. The lowest BCUT2D eigenvalue weighted by Gasteiger charge is -2.26. The Morgan fingerprint density at radius 3 is 2.71 bits per heavy atom.